The second kappa shape index (κ2) is 5.63. The first kappa shape index (κ1) is 16.2. The van der Waals surface area contributed by atoms with E-state index in [4.69, 9.17) is 10.9 Å². The van der Waals surface area contributed by atoms with Crippen molar-refractivity contribution in [3.8, 4) is 0 Å². The van der Waals surface area contributed by atoms with E-state index in [2.05, 4.69) is 10.3 Å². The van der Waals surface area contributed by atoms with Crippen LogP contribution in [0.25, 0.3) is 0 Å². The zero-order chi connectivity index (χ0) is 15.6. The number of anilines is 1. The first-order valence-electron chi connectivity index (χ1n) is 5.13. The molecule has 0 aliphatic carbocycles. The van der Waals surface area contributed by atoms with Crippen molar-refractivity contribution >= 4 is 21.7 Å². The fourth-order valence-electron chi connectivity index (χ4n) is 1.26. The van der Waals surface area contributed by atoms with E-state index in [0.717, 1.165) is 6.07 Å². The molecule has 0 atom stereocenters. The van der Waals surface area contributed by atoms with Crippen LogP contribution in [0.2, 0.25) is 0 Å². The summed E-state index contributed by atoms with van der Waals surface area (Å²) >= 11 is 0. The minimum Gasteiger partial charge on any atom is -0.368 e. The maximum atomic E-state index is 12.5. The Balaban J connectivity index is 3.04. The van der Waals surface area contributed by atoms with Crippen LogP contribution in [0.3, 0.4) is 0 Å². The number of aromatic nitrogens is 1. The normalized spacial score (nSPS) is 12.2. The molecule has 0 aliphatic rings. The number of primary sulfonamides is 1. The lowest BCUT2D eigenvalue weighted by Crippen LogP contribution is -2.24. The number of rotatable bonds is 5. The number of carbonyl (C=O) groups is 1. The molecular formula is C9H11F3N4O3S. The molecule has 0 aromatic carbocycles. The fraction of sp³-hybridized carbons (Fsp3) is 0.333. The largest absolute Gasteiger partial charge is 0.433 e. The number of pyridine rings is 1. The number of nitrogens with one attached hydrogen (secondary N) is 1. The molecule has 1 rings (SSSR count). The fourth-order valence-corrected chi connectivity index (χ4v) is 1.65. The topological polar surface area (TPSA) is 128 Å². The Morgan fingerprint density at radius 1 is 1.35 bits per heavy atom. The first-order chi connectivity index (χ1) is 9.00. The smallest absolute Gasteiger partial charge is 0.368 e. The Labute approximate surface area is 112 Å². The van der Waals surface area contributed by atoms with E-state index >= 15 is 0 Å². The Kier molecular flexibility index (Phi) is 4.55. The van der Waals surface area contributed by atoms with Gasteiger partial charge in [0.2, 0.25) is 10.0 Å². The Morgan fingerprint density at radius 3 is 2.40 bits per heavy atom. The highest BCUT2D eigenvalue weighted by Crippen LogP contribution is 2.29. The molecule has 1 amide bonds. The van der Waals surface area contributed by atoms with Crippen molar-refractivity contribution in [2.75, 3.05) is 17.6 Å². The SMILES string of the molecule is NC(=O)c1ccc(C(F)(F)F)nc1NCCS(N)(=O)=O. The highest BCUT2D eigenvalue weighted by molar-refractivity contribution is 7.89. The maximum Gasteiger partial charge on any atom is 0.433 e. The van der Waals surface area contributed by atoms with Gasteiger partial charge >= 0.3 is 6.18 Å². The van der Waals surface area contributed by atoms with Crippen molar-refractivity contribution in [3.63, 3.8) is 0 Å². The number of sulfonamides is 1. The minimum absolute atomic E-state index is 0.285. The monoisotopic (exact) mass is 312 g/mol. The molecular weight excluding hydrogens is 301 g/mol. The predicted octanol–water partition coefficient (Wildman–Crippen LogP) is -0.100. The number of alkyl halides is 3. The van der Waals surface area contributed by atoms with Crippen LogP contribution in [-0.2, 0) is 16.2 Å². The Morgan fingerprint density at radius 2 is 1.95 bits per heavy atom. The number of nitrogens with two attached hydrogens (primary N) is 2. The standard InChI is InChI=1S/C9H11F3N4O3S/c10-9(11,12)6-2-1-5(7(13)17)8(16-6)15-3-4-20(14,18)19/h1-2H,3-4H2,(H2,13,17)(H,15,16)(H2,14,18,19). The Bertz CT molecular complexity index is 615. The van der Waals surface area contributed by atoms with Gasteiger partial charge in [0.1, 0.15) is 11.5 Å². The predicted molar refractivity (Wildman–Crippen MR) is 64.2 cm³/mol. The summed E-state index contributed by atoms with van der Waals surface area (Å²) in [7, 11) is -3.79. The van der Waals surface area contributed by atoms with Gasteiger partial charge in [-0.15, -0.1) is 0 Å². The van der Waals surface area contributed by atoms with Gasteiger partial charge in [-0.25, -0.2) is 18.5 Å². The lowest BCUT2D eigenvalue weighted by molar-refractivity contribution is -0.141. The van der Waals surface area contributed by atoms with Crippen LogP contribution >= 0.6 is 0 Å². The van der Waals surface area contributed by atoms with Gasteiger partial charge in [-0.3, -0.25) is 4.79 Å². The maximum absolute atomic E-state index is 12.5. The molecule has 0 saturated heterocycles. The van der Waals surface area contributed by atoms with Crippen LogP contribution in [-0.4, -0.2) is 31.6 Å². The van der Waals surface area contributed by atoms with E-state index in [1.807, 2.05) is 0 Å². The second-order valence-corrected chi connectivity index (χ2v) is 5.48. The van der Waals surface area contributed by atoms with Crippen LogP contribution < -0.4 is 16.2 Å². The van der Waals surface area contributed by atoms with Crippen LogP contribution in [0.5, 0.6) is 0 Å². The molecule has 0 fully saturated rings. The van der Waals surface area contributed by atoms with Crippen molar-refractivity contribution in [3.05, 3.63) is 23.4 Å². The molecule has 20 heavy (non-hydrogen) atoms. The van der Waals surface area contributed by atoms with Crippen molar-refractivity contribution < 1.29 is 26.4 Å². The zero-order valence-electron chi connectivity index (χ0n) is 9.94. The number of nitrogens with zero attached hydrogens (tertiary/aromatic N) is 1. The summed E-state index contributed by atoms with van der Waals surface area (Å²) in [5.74, 6) is -1.98. The van der Waals surface area contributed by atoms with Gasteiger partial charge in [0, 0.05) is 6.54 Å². The summed E-state index contributed by atoms with van der Waals surface area (Å²) in [6.07, 6.45) is -4.70. The zero-order valence-corrected chi connectivity index (χ0v) is 10.8. The minimum atomic E-state index is -4.70. The van der Waals surface area contributed by atoms with Crippen LogP contribution in [0.15, 0.2) is 12.1 Å². The second-order valence-electron chi connectivity index (χ2n) is 3.75. The lowest BCUT2D eigenvalue weighted by atomic mass is 10.2. The van der Waals surface area contributed by atoms with Crippen molar-refractivity contribution in [1.82, 2.24) is 4.98 Å². The highest BCUT2D eigenvalue weighted by Gasteiger charge is 2.33. The van der Waals surface area contributed by atoms with Crippen LogP contribution in [0.1, 0.15) is 16.1 Å². The molecule has 7 nitrogen and oxygen atoms in total. The molecule has 0 bridgehead atoms. The van der Waals surface area contributed by atoms with Crippen molar-refractivity contribution in [2.24, 2.45) is 10.9 Å². The summed E-state index contributed by atoms with van der Waals surface area (Å²) < 4.78 is 58.9. The number of hydrogen-bond acceptors (Lipinski definition) is 5. The number of hydrogen-bond donors (Lipinski definition) is 3. The third kappa shape index (κ3) is 4.66. The van der Waals surface area contributed by atoms with E-state index in [9.17, 15) is 26.4 Å². The Hall–Kier alpha value is -1.88. The quantitative estimate of drug-likeness (QED) is 0.699. The van der Waals surface area contributed by atoms with Crippen molar-refractivity contribution in [1.29, 1.82) is 0 Å². The lowest BCUT2D eigenvalue weighted by Gasteiger charge is -2.12. The molecule has 5 N–H and O–H groups in total. The molecule has 1 aromatic heterocycles. The van der Waals surface area contributed by atoms with Crippen molar-refractivity contribution in [2.45, 2.75) is 6.18 Å². The molecule has 0 radical (unpaired) electrons. The van der Waals surface area contributed by atoms with Gasteiger partial charge in [-0.2, -0.15) is 13.2 Å². The molecule has 11 heteroatoms. The molecule has 1 aromatic rings. The molecule has 0 saturated carbocycles. The van der Waals surface area contributed by atoms with Gasteiger partial charge in [0.15, 0.2) is 0 Å². The third-order valence-electron chi connectivity index (χ3n) is 2.13. The third-order valence-corrected chi connectivity index (χ3v) is 2.90. The summed E-state index contributed by atoms with van der Waals surface area (Å²) in [5, 5.41) is 7.03. The van der Waals surface area contributed by atoms with E-state index in [-0.39, 0.29) is 12.1 Å². The average Bonchev–Trinajstić information content (AvgIpc) is 2.25. The van der Waals surface area contributed by atoms with Gasteiger partial charge < -0.3 is 11.1 Å². The average molecular weight is 312 g/mol. The van der Waals surface area contributed by atoms with E-state index in [0.29, 0.717) is 6.07 Å². The number of halogens is 3. The van der Waals surface area contributed by atoms with Gasteiger partial charge in [0.05, 0.1) is 11.3 Å². The molecule has 1 heterocycles. The summed E-state index contributed by atoms with van der Waals surface area (Å²) in [5.41, 5.74) is 3.47. The van der Waals surface area contributed by atoms with E-state index < -0.39 is 39.4 Å². The number of primary amides is 1. The van der Waals surface area contributed by atoms with Crippen LogP contribution in [0, 0.1) is 0 Å². The first-order valence-corrected chi connectivity index (χ1v) is 6.84. The summed E-state index contributed by atoms with van der Waals surface area (Å²) in [6, 6.07) is 1.46. The summed E-state index contributed by atoms with van der Waals surface area (Å²) in [4.78, 5) is 14.3. The number of carbonyl (C=O) groups excluding carboxylic acids is 1. The molecule has 0 unspecified atom stereocenters. The molecule has 112 valence electrons. The molecule has 0 aliphatic heterocycles. The van der Waals surface area contributed by atoms with Crippen LogP contribution in [0.4, 0.5) is 19.0 Å². The van der Waals surface area contributed by atoms with Gasteiger partial charge in [-0.05, 0) is 12.1 Å². The van der Waals surface area contributed by atoms with Gasteiger partial charge in [0.25, 0.3) is 5.91 Å². The van der Waals surface area contributed by atoms with Gasteiger partial charge in [-0.1, -0.05) is 0 Å². The van der Waals surface area contributed by atoms with E-state index in [1.54, 1.807) is 0 Å². The van der Waals surface area contributed by atoms with E-state index in [1.165, 1.54) is 0 Å². The molecule has 0 spiro atoms. The number of amides is 1. The highest BCUT2D eigenvalue weighted by atomic mass is 32.2. The summed E-state index contributed by atoms with van der Waals surface area (Å²) in [6.45, 7) is -0.312.